The van der Waals surface area contributed by atoms with Crippen molar-refractivity contribution in [2.24, 2.45) is 0 Å². The molecule has 18 heavy (non-hydrogen) atoms. The zero-order valence-corrected chi connectivity index (χ0v) is 10.6. The summed E-state index contributed by atoms with van der Waals surface area (Å²) in [5.74, 6) is 0.0760. The minimum atomic E-state index is -0.448. The maximum Gasteiger partial charge on any atom is 0.237 e. The number of amides is 1. The van der Waals surface area contributed by atoms with Crippen molar-refractivity contribution in [3.05, 3.63) is 35.4 Å². The van der Waals surface area contributed by atoms with Crippen molar-refractivity contribution in [3.63, 3.8) is 0 Å². The highest BCUT2D eigenvalue weighted by molar-refractivity contribution is 5.81. The van der Waals surface area contributed by atoms with E-state index in [0.29, 0.717) is 6.54 Å². The normalized spacial score (nSPS) is 20.7. The number of benzene rings is 1. The highest BCUT2D eigenvalue weighted by Gasteiger charge is 2.21. The molecule has 0 radical (unpaired) electrons. The summed E-state index contributed by atoms with van der Waals surface area (Å²) in [6.07, 6.45) is 1.55. The first-order valence-electron chi connectivity index (χ1n) is 6.45. The van der Waals surface area contributed by atoms with Crippen LogP contribution in [-0.4, -0.2) is 23.6 Å². The van der Waals surface area contributed by atoms with Crippen molar-refractivity contribution < 1.29 is 9.90 Å². The second-order valence-electron chi connectivity index (χ2n) is 4.78. The lowest BCUT2D eigenvalue weighted by atomic mass is 10.1. The van der Waals surface area contributed by atoms with E-state index in [-0.39, 0.29) is 11.9 Å². The lowest BCUT2D eigenvalue weighted by Crippen LogP contribution is -2.39. The standard InChI is InChI=1S/C14H20N2O2/c1-10(17)12-6-4-11(5-7-12)9-16-14(18)13-3-2-8-15-13/h4-7,10,13,15,17H,2-3,8-9H2,1H3,(H,16,18). The molecule has 1 aliphatic heterocycles. The molecule has 4 heteroatoms. The van der Waals surface area contributed by atoms with E-state index in [1.807, 2.05) is 24.3 Å². The Hall–Kier alpha value is -1.39. The second-order valence-corrected chi connectivity index (χ2v) is 4.78. The largest absolute Gasteiger partial charge is 0.389 e. The first-order chi connectivity index (χ1) is 8.66. The minimum absolute atomic E-state index is 0.0262. The quantitative estimate of drug-likeness (QED) is 0.748. The van der Waals surface area contributed by atoms with Gasteiger partial charge in [0, 0.05) is 6.54 Å². The Morgan fingerprint density at radius 3 is 2.78 bits per heavy atom. The van der Waals surface area contributed by atoms with Crippen LogP contribution in [0.1, 0.15) is 37.0 Å². The molecule has 0 spiro atoms. The maximum atomic E-state index is 11.8. The van der Waals surface area contributed by atoms with Crippen LogP contribution in [0.3, 0.4) is 0 Å². The van der Waals surface area contributed by atoms with Gasteiger partial charge in [0.05, 0.1) is 12.1 Å². The van der Waals surface area contributed by atoms with E-state index in [2.05, 4.69) is 10.6 Å². The van der Waals surface area contributed by atoms with E-state index >= 15 is 0 Å². The van der Waals surface area contributed by atoms with Gasteiger partial charge in [-0.1, -0.05) is 24.3 Å². The first-order valence-corrected chi connectivity index (χ1v) is 6.45. The van der Waals surface area contributed by atoms with Crippen LogP contribution in [0.5, 0.6) is 0 Å². The van der Waals surface area contributed by atoms with E-state index in [1.165, 1.54) is 0 Å². The summed E-state index contributed by atoms with van der Waals surface area (Å²) in [5, 5.41) is 15.5. The van der Waals surface area contributed by atoms with Crippen LogP contribution in [0, 0.1) is 0 Å². The van der Waals surface area contributed by atoms with Crippen molar-refractivity contribution in [1.82, 2.24) is 10.6 Å². The van der Waals surface area contributed by atoms with Crippen molar-refractivity contribution in [2.75, 3.05) is 6.54 Å². The molecule has 1 aromatic rings. The molecule has 0 saturated carbocycles. The first kappa shape index (κ1) is 13.1. The van der Waals surface area contributed by atoms with Gasteiger partial charge in [0.2, 0.25) is 5.91 Å². The van der Waals surface area contributed by atoms with Gasteiger partial charge in [-0.3, -0.25) is 4.79 Å². The third-order valence-electron chi connectivity index (χ3n) is 3.31. The lowest BCUT2D eigenvalue weighted by molar-refractivity contribution is -0.122. The van der Waals surface area contributed by atoms with E-state index < -0.39 is 6.10 Å². The van der Waals surface area contributed by atoms with Crippen LogP contribution in [0.2, 0.25) is 0 Å². The monoisotopic (exact) mass is 248 g/mol. The van der Waals surface area contributed by atoms with Crippen LogP contribution < -0.4 is 10.6 Å². The fraction of sp³-hybridized carbons (Fsp3) is 0.500. The predicted molar refractivity (Wildman–Crippen MR) is 69.9 cm³/mol. The minimum Gasteiger partial charge on any atom is -0.389 e. The Kier molecular flexibility index (Phi) is 4.33. The molecule has 0 aromatic heterocycles. The molecule has 1 aromatic carbocycles. The van der Waals surface area contributed by atoms with E-state index in [0.717, 1.165) is 30.5 Å². The zero-order chi connectivity index (χ0) is 13.0. The van der Waals surface area contributed by atoms with Crippen LogP contribution in [0.15, 0.2) is 24.3 Å². The van der Waals surface area contributed by atoms with Gasteiger partial charge in [-0.05, 0) is 37.4 Å². The van der Waals surface area contributed by atoms with E-state index in [4.69, 9.17) is 0 Å². The molecular formula is C14H20N2O2. The Bertz CT molecular complexity index is 395. The Balaban J connectivity index is 1.84. The van der Waals surface area contributed by atoms with Gasteiger partial charge in [-0.2, -0.15) is 0 Å². The molecule has 3 N–H and O–H groups in total. The molecular weight excluding hydrogens is 228 g/mol. The van der Waals surface area contributed by atoms with Crippen molar-refractivity contribution in [2.45, 2.75) is 38.5 Å². The lowest BCUT2D eigenvalue weighted by Gasteiger charge is -2.11. The molecule has 1 heterocycles. The predicted octanol–water partition coefficient (Wildman–Crippen LogP) is 1.11. The maximum absolute atomic E-state index is 11.8. The molecule has 2 rings (SSSR count). The highest BCUT2D eigenvalue weighted by atomic mass is 16.3. The van der Waals surface area contributed by atoms with Gasteiger partial charge < -0.3 is 15.7 Å². The van der Waals surface area contributed by atoms with Crippen LogP contribution in [0.25, 0.3) is 0 Å². The number of nitrogens with one attached hydrogen (secondary N) is 2. The number of rotatable bonds is 4. The Morgan fingerprint density at radius 1 is 1.50 bits per heavy atom. The Morgan fingerprint density at radius 2 is 2.22 bits per heavy atom. The second kappa shape index (κ2) is 5.98. The number of aliphatic hydroxyl groups is 1. The zero-order valence-electron chi connectivity index (χ0n) is 10.6. The van der Waals surface area contributed by atoms with Gasteiger partial charge in [-0.25, -0.2) is 0 Å². The summed E-state index contributed by atoms with van der Waals surface area (Å²) in [6.45, 7) is 3.21. The van der Waals surface area contributed by atoms with Gasteiger partial charge in [0.15, 0.2) is 0 Å². The summed E-state index contributed by atoms with van der Waals surface area (Å²) >= 11 is 0. The van der Waals surface area contributed by atoms with Crippen LogP contribution in [0.4, 0.5) is 0 Å². The van der Waals surface area contributed by atoms with Gasteiger partial charge in [0.25, 0.3) is 0 Å². The number of hydrogen-bond acceptors (Lipinski definition) is 3. The van der Waals surface area contributed by atoms with E-state index in [1.54, 1.807) is 6.92 Å². The average molecular weight is 248 g/mol. The fourth-order valence-corrected chi connectivity index (χ4v) is 2.13. The van der Waals surface area contributed by atoms with Crippen molar-refractivity contribution >= 4 is 5.91 Å². The summed E-state index contributed by atoms with van der Waals surface area (Å²) in [6, 6.07) is 7.62. The molecule has 4 nitrogen and oxygen atoms in total. The van der Waals surface area contributed by atoms with E-state index in [9.17, 15) is 9.90 Å². The average Bonchev–Trinajstić information content (AvgIpc) is 2.90. The molecule has 1 aliphatic rings. The summed E-state index contributed by atoms with van der Waals surface area (Å²) in [4.78, 5) is 11.8. The van der Waals surface area contributed by atoms with Crippen molar-refractivity contribution in [1.29, 1.82) is 0 Å². The molecule has 0 bridgehead atoms. The molecule has 1 saturated heterocycles. The third-order valence-corrected chi connectivity index (χ3v) is 3.31. The number of carbonyl (C=O) groups is 1. The molecule has 2 unspecified atom stereocenters. The molecule has 0 aliphatic carbocycles. The topological polar surface area (TPSA) is 61.4 Å². The Labute approximate surface area is 107 Å². The summed E-state index contributed by atoms with van der Waals surface area (Å²) in [7, 11) is 0. The molecule has 98 valence electrons. The number of hydrogen-bond donors (Lipinski definition) is 3. The summed E-state index contributed by atoms with van der Waals surface area (Å²) < 4.78 is 0. The van der Waals surface area contributed by atoms with Crippen LogP contribution in [-0.2, 0) is 11.3 Å². The van der Waals surface area contributed by atoms with Crippen LogP contribution >= 0.6 is 0 Å². The number of aliphatic hydroxyl groups excluding tert-OH is 1. The molecule has 1 amide bonds. The van der Waals surface area contributed by atoms with Gasteiger partial charge >= 0.3 is 0 Å². The summed E-state index contributed by atoms with van der Waals surface area (Å²) in [5.41, 5.74) is 1.94. The van der Waals surface area contributed by atoms with Gasteiger partial charge in [0.1, 0.15) is 0 Å². The molecule has 1 fully saturated rings. The highest BCUT2D eigenvalue weighted by Crippen LogP contribution is 2.12. The van der Waals surface area contributed by atoms with Gasteiger partial charge in [-0.15, -0.1) is 0 Å². The molecule has 2 atom stereocenters. The SMILES string of the molecule is CC(O)c1ccc(CNC(=O)C2CCCN2)cc1. The number of carbonyl (C=O) groups excluding carboxylic acids is 1. The fourth-order valence-electron chi connectivity index (χ4n) is 2.13. The van der Waals surface area contributed by atoms with Crippen molar-refractivity contribution in [3.8, 4) is 0 Å². The smallest absolute Gasteiger partial charge is 0.237 e. The third kappa shape index (κ3) is 3.31.